The zero-order chi connectivity index (χ0) is 13.0. The predicted octanol–water partition coefficient (Wildman–Crippen LogP) is 3.43. The Morgan fingerprint density at radius 1 is 1.61 bits per heavy atom. The van der Waals surface area contributed by atoms with Gasteiger partial charge in [0.2, 0.25) is 5.91 Å². The van der Waals surface area contributed by atoms with Crippen LogP contribution < -0.4 is 0 Å². The van der Waals surface area contributed by atoms with Crippen LogP contribution in [-0.4, -0.2) is 30.6 Å². The van der Waals surface area contributed by atoms with E-state index in [1.165, 1.54) is 11.3 Å². The Kier molecular flexibility index (Phi) is 5.21. The molecule has 1 unspecified atom stereocenters. The highest BCUT2D eigenvalue weighted by Gasteiger charge is 2.20. The zero-order valence-electron chi connectivity index (χ0n) is 10.5. The summed E-state index contributed by atoms with van der Waals surface area (Å²) in [5, 5.41) is 2.04. The molecule has 0 spiro atoms. The third-order valence-corrected chi connectivity index (χ3v) is 4.80. The molecule has 0 aliphatic carbocycles. The molecular formula is C13H18BrNO2S. The highest BCUT2D eigenvalue weighted by atomic mass is 79.9. The van der Waals surface area contributed by atoms with E-state index in [4.69, 9.17) is 4.74 Å². The van der Waals surface area contributed by atoms with E-state index in [0.29, 0.717) is 13.0 Å². The van der Waals surface area contributed by atoms with Gasteiger partial charge in [-0.2, -0.15) is 0 Å². The molecule has 0 radical (unpaired) electrons. The summed E-state index contributed by atoms with van der Waals surface area (Å²) in [6, 6.07) is 2.06. The first-order valence-electron chi connectivity index (χ1n) is 6.23. The number of hydrogen-bond donors (Lipinski definition) is 0. The van der Waals surface area contributed by atoms with E-state index in [-0.39, 0.29) is 12.0 Å². The van der Waals surface area contributed by atoms with Crippen LogP contribution in [0.25, 0.3) is 0 Å². The van der Waals surface area contributed by atoms with Crippen LogP contribution in [0.2, 0.25) is 0 Å². The second kappa shape index (κ2) is 6.68. The Morgan fingerprint density at radius 2 is 2.44 bits per heavy atom. The van der Waals surface area contributed by atoms with Crippen LogP contribution in [0.15, 0.2) is 15.9 Å². The number of nitrogens with zero attached hydrogens (tertiary/aromatic N) is 1. The number of rotatable bonds is 4. The molecule has 1 aromatic heterocycles. The van der Waals surface area contributed by atoms with Gasteiger partial charge in [-0.25, -0.2) is 0 Å². The molecule has 1 saturated heterocycles. The molecule has 18 heavy (non-hydrogen) atoms. The predicted molar refractivity (Wildman–Crippen MR) is 76.7 cm³/mol. The molecule has 1 aliphatic heterocycles. The Hall–Kier alpha value is -0.390. The van der Waals surface area contributed by atoms with Crippen LogP contribution in [-0.2, 0) is 16.1 Å². The fourth-order valence-electron chi connectivity index (χ4n) is 2.08. The summed E-state index contributed by atoms with van der Waals surface area (Å²) in [6.45, 7) is 1.49. The molecule has 1 amide bonds. The number of carbonyl (C=O) groups excluding carboxylic acids is 1. The van der Waals surface area contributed by atoms with Gasteiger partial charge in [0, 0.05) is 28.4 Å². The molecule has 1 atom stereocenters. The largest absolute Gasteiger partial charge is 0.378 e. The van der Waals surface area contributed by atoms with Crippen LogP contribution >= 0.6 is 27.3 Å². The smallest absolute Gasteiger partial charge is 0.225 e. The lowest BCUT2D eigenvalue weighted by Crippen LogP contribution is -2.31. The second-order valence-corrected chi connectivity index (χ2v) is 6.59. The van der Waals surface area contributed by atoms with Gasteiger partial charge in [-0.15, -0.1) is 11.3 Å². The van der Waals surface area contributed by atoms with Crippen molar-refractivity contribution in [3.63, 3.8) is 0 Å². The quantitative estimate of drug-likeness (QED) is 0.845. The molecule has 1 fully saturated rings. The van der Waals surface area contributed by atoms with Crippen molar-refractivity contribution >= 4 is 33.2 Å². The van der Waals surface area contributed by atoms with E-state index < -0.39 is 0 Å². The maximum absolute atomic E-state index is 12.1. The van der Waals surface area contributed by atoms with Crippen molar-refractivity contribution in [2.45, 2.75) is 38.3 Å². The first kappa shape index (κ1) is 14.0. The second-order valence-electron chi connectivity index (χ2n) is 4.67. The lowest BCUT2D eigenvalue weighted by Gasteiger charge is -2.24. The first-order valence-corrected chi connectivity index (χ1v) is 7.91. The Labute approximate surface area is 120 Å². The van der Waals surface area contributed by atoms with Gasteiger partial charge in [-0.3, -0.25) is 4.79 Å². The van der Waals surface area contributed by atoms with Crippen molar-refractivity contribution in [2.24, 2.45) is 0 Å². The number of thiophene rings is 1. The average molecular weight is 332 g/mol. The minimum atomic E-state index is 0.128. The van der Waals surface area contributed by atoms with E-state index in [2.05, 4.69) is 22.0 Å². The summed E-state index contributed by atoms with van der Waals surface area (Å²) in [5.41, 5.74) is 0. The number of hydrogen-bond acceptors (Lipinski definition) is 3. The lowest BCUT2D eigenvalue weighted by molar-refractivity contribution is -0.134. The standard InChI is InChI=1S/C13H18BrNO2S/c1-15(8-12-6-10(14)9-18-12)13(16)7-11-4-2-3-5-17-11/h6,9,11H,2-5,7-8H2,1H3. The molecule has 0 N–H and O–H groups in total. The molecule has 5 heteroatoms. The van der Waals surface area contributed by atoms with Gasteiger partial charge in [0.15, 0.2) is 0 Å². The van der Waals surface area contributed by atoms with Gasteiger partial charge in [0.25, 0.3) is 0 Å². The third kappa shape index (κ3) is 4.07. The summed E-state index contributed by atoms with van der Waals surface area (Å²) >= 11 is 5.10. The van der Waals surface area contributed by atoms with E-state index >= 15 is 0 Å². The van der Waals surface area contributed by atoms with Crippen LogP contribution in [0, 0.1) is 0 Å². The van der Waals surface area contributed by atoms with Crippen molar-refractivity contribution in [3.05, 3.63) is 20.8 Å². The van der Waals surface area contributed by atoms with Crippen molar-refractivity contribution in [1.82, 2.24) is 4.90 Å². The maximum Gasteiger partial charge on any atom is 0.225 e. The monoisotopic (exact) mass is 331 g/mol. The van der Waals surface area contributed by atoms with Crippen molar-refractivity contribution in [1.29, 1.82) is 0 Å². The Balaban J connectivity index is 1.80. The Bertz CT molecular complexity index is 401. The Morgan fingerprint density at radius 3 is 3.06 bits per heavy atom. The topological polar surface area (TPSA) is 29.5 Å². The molecule has 1 aliphatic rings. The molecule has 2 heterocycles. The maximum atomic E-state index is 12.1. The number of halogens is 1. The van der Waals surface area contributed by atoms with Gasteiger partial charge in [-0.05, 0) is 41.3 Å². The molecule has 3 nitrogen and oxygen atoms in total. The molecule has 1 aromatic rings. The lowest BCUT2D eigenvalue weighted by atomic mass is 10.1. The van der Waals surface area contributed by atoms with Crippen LogP contribution in [0.1, 0.15) is 30.6 Å². The highest BCUT2D eigenvalue weighted by molar-refractivity contribution is 9.10. The summed E-state index contributed by atoms with van der Waals surface area (Å²) in [5.74, 6) is 0.173. The van der Waals surface area contributed by atoms with Gasteiger partial charge < -0.3 is 9.64 Å². The van der Waals surface area contributed by atoms with Gasteiger partial charge in [-0.1, -0.05) is 0 Å². The molecule has 2 rings (SSSR count). The summed E-state index contributed by atoms with van der Waals surface area (Å²) in [6.07, 6.45) is 3.97. The van der Waals surface area contributed by atoms with Gasteiger partial charge in [0.05, 0.1) is 19.1 Å². The van der Waals surface area contributed by atoms with E-state index in [0.717, 1.165) is 23.9 Å². The number of amides is 1. The summed E-state index contributed by atoms with van der Waals surface area (Å²) in [4.78, 5) is 15.0. The van der Waals surface area contributed by atoms with E-state index in [1.807, 2.05) is 12.4 Å². The fourth-order valence-corrected chi connectivity index (χ4v) is 3.58. The van der Waals surface area contributed by atoms with Gasteiger partial charge in [0.1, 0.15) is 0 Å². The average Bonchev–Trinajstić information content (AvgIpc) is 2.76. The fraction of sp³-hybridized carbons (Fsp3) is 0.615. The molecule has 0 bridgehead atoms. The van der Waals surface area contributed by atoms with Crippen LogP contribution in [0.5, 0.6) is 0 Å². The number of ether oxygens (including phenoxy) is 1. The van der Waals surface area contributed by atoms with Crippen molar-refractivity contribution < 1.29 is 9.53 Å². The zero-order valence-corrected chi connectivity index (χ0v) is 12.9. The number of carbonyl (C=O) groups is 1. The molecule has 100 valence electrons. The van der Waals surface area contributed by atoms with Crippen LogP contribution in [0.4, 0.5) is 0 Å². The van der Waals surface area contributed by atoms with Crippen molar-refractivity contribution in [2.75, 3.05) is 13.7 Å². The molecular weight excluding hydrogens is 314 g/mol. The van der Waals surface area contributed by atoms with E-state index in [1.54, 1.807) is 16.2 Å². The molecule has 0 saturated carbocycles. The first-order chi connectivity index (χ1) is 8.65. The highest BCUT2D eigenvalue weighted by Crippen LogP contribution is 2.22. The minimum absolute atomic E-state index is 0.128. The van der Waals surface area contributed by atoms with Crippen molar-refractivity contribution in [3.8, 4) is 0 Å². The summed E-state index contributed by atoms with van der Waals surface area (Å²) in [7, 11) is 1.86. The molecule has 0 aromatic carbocycles. The minimum Gasteiger partial charge on any atom is -0.378 e. The normalized spacial score (nSPS) is 19.8. The summed E-state index contributed by atoms with van der Waals surface area (Å²) < 4.78 is 6.68. The van der Waals surface area contributed by atoms with E-state index in [9.17, 15) is 4.79 Å². The third-order valence-electron chi connectivity index (χ3n) is 3.12. The van der Waals surface area contributed by atoms with Crippen LogP contribution in [0.3, 0.4) is 0 Å². The SMILES string of the molecule is CN(Cc1cc(Br)cs1)C(=O)CC1CCCCO1. The van der Waals surface area contributed by atoms with Gasteiger partial charge >= 0.3 is 0 Å².